The quantitative estimate of drug-likeness (QED) is 0.267. The molecule has 1 aromatic carbocycles. The number of primary amides is 1. The molecule has 0 saturated carbocycles. The molecule has 2 N–H and O–H groups in total. The van der Waals surface area contributed by atoms with Crippen molar-refractivity contribution in [2.45, 2.75) is 81.1 Å². The number of hydrogen-bond donors (Lipinski definition) is 1. The molecular weight excluding hydrogens is 510 g/mol. The molecule has 1 amide bonds. The number of hydrogen-bond acceptors (Lipinski definition) is 3. The third-order valence-corrected chi connectivity index (χ3v) is 5.60. The third-order valence-electron chi connectivity index (χ3n) is 4.82. The molecule has 1 aromatic rings. The average molecular weight is 563 g/mol. The summed E-state index contributed by atoms with van der Waals surface area (Å²) in [7, 11) is 1.75. The van der Waals surface area contributed by atoms with E-state index in [0.29, 0.717) is 16.9 Å². The number of amides is 1. The maximum Gasteiger partial charge on any atom is 0.248 e. The largest absolute Gasteiger partial charge is 0.366 e. The fourth-order valence-corrected chi connectivity index (χ4v) is 3.59. The topological polar surface area (TPSA) is 58.7 Å². The first kappa shape index (κ1) is 36.2. The fourth-order valence-electron chi connectivity index (χ4n) is 3.36. The number of nitrogens with two attached hydrogens (primary N) is 1. The van der Waals surface area contributed by atoms with Crippen molar-refractivity contribution in [2.24, 2.45) is 16.1 Å². The number of benzene rings is 1. The second kappa shape index (κ2) is 20.1. The number of aliphatic imine (C=N–C) groups is 1. The second-order valence-corrected chi connectivity index (χ2v) is 10.8. The molecule has 36 heavy (non-hydrogen) atoms. The minimum absolute atomic E-state index is 0.372. The highest BCUT2D eigenvalue weighted by molar-refractivity contribution is 9.12. The summed E-state index contributed by atoms with van der Waals surface area (Å²) in [6.45, 7) is 26.1. The van der Waals surface area contributed by atoms with Gasteiger partial charge in [-0.3, -0.25) is 14.7 Å². The summed E-state index contributed by atoms with van der Waals surface area (Å²) in [5.41, 5.74) is 9.93. The van der Waals surface area contributed by atoms with Crippen LogP contribution in [0.2, 0.25) is 0 Å². The first-order valence-electron chi connectivity index (χ1n) is 13.2. The lowest BCUT2D eigenvalue weighted by molar-refractivity contribution is 0.1000. The molecule has 204 valence electrons. The van der Waals surface area contributed by atoms with E-state index in [2.05, 4.69) is 73.1 Å². The highest BCUT2D eigenvalue weighted by Gasteiger charge is 2.20. The SMILES string of the molecule is C=C(/C=C(\C)CN1CCC(c2ccc(C(N)=O)cc2)CC1)/C(Br)=C\C=NC.CC.CC.CC(C)(C)C. The predicted molar refractivity (Wildman–Crippen MR) is 166 cm³/mol. The lowest BCUT2D eigenvalue weighted by Gasteiger charge is -2.32. The molecular formula is C31H52BrN3O. The maximum atomic E-state index is 11.2. The van der Waals surface area contributed by atoms with Gasteiger partial charge in [0.2, 0.25) is 5.91 Å². The van der Waals surface area contributed by atoms with Crippen molar-refractivity contribution in [3.05, 3.63) is 69.8 Å². The minimum atomic E-state index is -0.372. The van der Waals surface area contributed by atoms with Crippen LogP contribution in [0, 0.1) is 5.41 Å². The van der Waals surface area contributed by atoms with Gasteiger partial charge < -0.3 is 5.73 Å². The summed E-state index contributed by atoms with van der Waals surface area (Å²) in [5.74, 6) is 0.177. The molecule has 0 unspecified atom stereocenters. The van der Waals surface area contributed by atoms with Crippen molar-refractivity contribution in [3.63, 3.8) is 0 Å². The Morgan fingerprint density at radius 3 is 2.00 bits per heavy atom. The number of nitrogens with zero attached hydrogens (tertiary/aromatic N) is 2. The molecule has 0 spiro atoms. The Bertz CT molecular complexity index is 832. The third kappa shape index (κ3) is 17.4. The Balaban J connectivity index is 0. The molecule has 1 aliphatic rings. The number of piperidine rings is 1. The van der Waals surface area contributed by atoms with Crippen LogP contribution in [-0.2, 0) is 0 Å². The average Bonchev–Trinajstić information content (AvgIpc) is 2.84. The monoisotopic (exact) mass is 561 g/mol. The van der Waals surface area contributed by atoms with Gasteiger partial charge in [0.25, 0.3) is 0 Å². The summed E-state index contributed by atoms with van der Waals surface area (Å²) in [6.07, 6.45) is 8.03. The van der Waals surface area contributed by atoms with Gasteiger partial charge in [-0.15, -0.1) is 0 Å². The Kier molecular flexibility index (Phi) is 20.2. The predicted octanol–water partition coefficient (Wildman–Crippen LogP) is 8.55. The zero-order chi connectivity index (χ0) is 28.3. The van der Waals surface area contributed by atoms with E-state index in [0.717, 1.165) is 42.5 Å². The number of rotatable bonds is 7. The van der Waals surface area contributed by atoms with Gasteiger partial charge in [-0.25, -0.2) is 0 Å². The van der Waals surface area contributed by atoms with Crippen molar-refractivity contribution < 1.29 is 4.79 Å². The van der Waals surface area contributed by atoms with Crippen LogP contribution in [0.1, 0.15) is 97.0 Å². The second-order valence-electron chi connectivity index (χ2n) is 9.97. The number of carbonyl (C=O) groups excluding carboxylic acids is 1. The minimum Gasteiger partial charge on any atom is -0.366 e. The fraction of sp³-hybridized carbons (Fsp3) is 0.548. The van der Waals surface area contributed by atoms with Gasteiger partial charge in [-0.2, -0.15) is 0 Å². The lowest BCUT2D eigenvalue weighted by Crippen LogP contribution is -2.34. The number of carbonyl (C=O) groups is 1. The molecule has 1 fully saturated rings. The van der Waals surface area contributed by atoms with Crippen LogP contribution in [0.15, 0.2) is 63.6 Å². The van der Waals surface area contributed by atoms with Gasteiger partial charge in [0.05, 0.1) is 0 Å². The van der Waals surface area contributed by atoms with E-state index >= 15 is 0 Å². The standard InChI is InChI=1S/C22H28BrN3O.C5H12.2C2H6/c1-16(14-17(2)21(23)8-11-25-3)15-26-12-9-19(10-13-26)18-4-6-20(7-5-18)22(24)27;1-5(2,3)4;2*1-2/h4-8,11,14,19H,2,9-10,12-13,15H2,1,3H3,(H2,24,27);1-4H3;2*1-2H3/b16-14+,21-8+,25-11?;;;. The summed E-state index contributed by atoms with van der Waals surface area (Å²) in [6, 6.07) is 7.74. The number of likely N-dealkylation sites (tertiary alicyclic amines) is 1. The van der Waals surface area contributed by atoms with Gasteiger partial charge in [-0.05, 0) is 73.5 Å². The Morgan fingerprint density at radius 2 is 1.58 bits per heavy atom. The Morgan fingerprint density at radius 1 is 1.11 bits per heavy atom. The van der Waals surface area contributed by atoms with E-state index in [-0.39, 0.29) is 5.91 Å². The number of halogens is 1. The van der Waals surface area contributed by atoms with Crippen LogP contribution in [0.25, 0.3) is 0 Å². The van der Waals surface area contributed by atoms with Crippen LogP contribution in [0.5, 0.6) is 0 Å². The normalized spacial score (nSPS) is 15.1. The first-order chi connectivity index (χ1) is 16.9. The van der Waals surface area contributed by atoms with E-state index in [1.54, 1.807) is 13.3 Å². The van der Waals surface area contributed by atoms with E-state index < -0.39 is 0 Å². The lowest BCUT2D eigenvalue weighted by atomic mass is 9.89. The molecule has 0 aromatic heterocycles. The van der Waals surface area contributed by atoms with Crippen LogP contribution >= 0.6 is 15.9 Å². The van der Waals surface area contributed by atoms with Crippen molar-refractivity contribution >= 4 is 28.1 Å². The molecule has 0 radical (unpaired) electrons. The molecule has 0 bridgehead atoms. The van der Waals surface area contributed by atoms with Crippen molar-refractivity contribution in [1.29, 1.82) is 0 Å². The van der Waals surface area contributed by atoms with Crippen molar-refractivity contribution in [1.82, 2.24) is 4.90 Å². The van der Waals surface area contributed by atoms with E-state index in [1.807, 2.05) is 58.0 Å². The molecule has 1 heterocycles. The molecule has 0 aliphatic carbocycles. The summed E-state index contributed by atoms with van der Waals surface area (Å²) in [5, 5.41) is 0. The molecule has 2 rings (SSSR count). The molecule has 0 atom stereocenters. The van der Waals surface area contributed by atoms with E-state index in [9.17, 15) is 4.79 Å². The van der Waals surface area contributed by atoms with Crippen LogP contribution in [0.3, 0.4) is 0 Å². The molecule has 5 heteroatoms. The molecule has 1 aliphatic heterocycles. The zero-order valence-electron chi connectivity index (χ0n) is 24.6. The van der Waals surface area contributed by atoms with Crippen LogP contribution < -0.4 is 5.73 Å². The van der Waals surface area contributed by atoms with E-state index in [1.165, 1.54) is 11.1 Å². The number of allylic oxidation sites excluding steroid dienone is 4. The van der Waals surface area contributed by atoms with Gasteiger partial charge in [0.1, 0.15) is 0 Å². The smallest absolute Gasteiger partial charge is 0.248 e. The maximum absolute atomic E-state index is 11.2. The first-order valence-corrected chi connectivity index (χ1v) is 14.0. The molecule has 4 nitrogen and oxygen atoms in total. The van der Waals surface area contributed by atoms with Gasteiger partial charge in [-0.1, -0.05) is 102 Å². The van der Waals surface area contributed by atoms with Crippen LogP contribution in [0.4, 0.5) is 0 Å². The van der Waals surface area contributed by atoms with Gasteiger partial charge >= 0.3 is 0 Å². The Hall–Kier alpha value is -1.98. The van der Waals surface area contributed by atoms with Crippen molar-refractivity contribution in [2.75, 3.05) is 26.7 Å². The highest BCUT2D eigenvalue weighted by atomic mass is 79.9. The Labute approximate surface area is 231 Å². The summed E-state index contributed by atoms with van der Waals surface area (Å²) < 4.78 is 0.950. The summed E-state index contributed by atoms with van der Waals surface area (Å²) in [4.78, 5) is 17.6. The van der Waals surface area contributed by atoms with E-state index in [4.69, 9.17) is 5.73 Å². The summed E-state index contributed by atoms with van der Waals surface area (Å²) >= 11 is 3.53. The molecule has 1 saturated heterocycles. The van der Waals surface area contributed by atoms with Crippen LogP contribution in [-0.4, -0.2) is 43.7 Å². The van der Waals surface area contributed by atoms with Gasteiger partial charge in [0.15, 0.2) is 0 Å². The van der Waals surface area contributed by atoms with Crippen molar-refractivity contribution in [3.8, 4) is 0 Å². The zero-order valence-corrected chi connectivity index (χ0v) is 26.2. The van der Waals surface area contributed by atoms with Gasteiger partial charge in [0, 0.05) is 29.9 Å². The highest BCUT2D eigenvalue weighted by Crippen LogP contribution is 2.28.